The number of hydrogen-bond acceptors (Lipinski definition) is 5. The van der Waals surface area contributed by atoms with Crippen molar-refractivity contribution in [3.8, 4) is 11.5 Å². The summed E-state index contributed by atoms with van der Waals surface area (Å²) in [5.74, 6) is 2.64. The van der Waals surface area contributed by atoms with Crippen molar-refractivity contribution in [3.63, 3.8) is 0 Å². The number of piperidine rings is 1. The molecule has 1 aliphatic heterocycles. The largest absolute Gasteiger partial charge is 0.493 e. The molecule has 3 rings (SSSR count). The number of aromatic nitrogens is 2. The van der Waals surface area contributed by atoms with Gasteiger partial charge in [-0.2, -0.15) is 0 Å². The Labute approximate surface area is 160 Å². The Balaban J connectivity index is 1.72. The van der Waals surface area contributed by atoms with Crippen molar-refractivity contribution < 1.29 is 9.47 Å². The molecule has 0 spiro atoms. The van der Waals surface area contributed by atoms with E-state index in [-0.39, 0.29) is 11.5 Å². The van der Waals surface area contributed by atoms with Crippen molar-refractivity contribution >= 4 is 0 Å². The zero-order valence-corrected chi connectivity index (χ0v) is 16.5. The summed E-state index contributed by atoms with van der Waals surface area (Å²) in [6.07, 6.45) is 2.93. The van der Waals surface area contributed by atoms with E-state index in [9.17, 15) is 4.79 Å². The average molecular weight is 371 g/mol. The monoisotopic (exact) mass is 371 g/mol. The third-order valence-electron chi connectivity index (χ3n) is 5.00. The predicted molar refractivity (Wildman–Crippen MR) is 106 cm³/mol. The maximum atomic E-state index is 11.9. The number of nitrogens with zero attached hydrogens (tertiary/aromatic N) is 2. The lowest BCUT2D eigenvalue weighted by molar-refractivity contribution is 0.196. The number of methoxy groups -OCH3 is 1. The third kappa shape index (κ3) is 4.89. The molecular weight excluding hydrogens is 342 g/mol. The lowest BCUT2D eigenvalue weighted by Gasteiger charge is -2.32. The van der Waals surface area contributed by atoms with E-state index >= 15 is 0 Å². The average Bonchev–Trinajstić information content (AvgIpc) is 2.68. The maximum absolute atomic E-state index is 11.9. The molecule has 2 heterocycles. The minimum Gasteiger partial charge on any atom is -0.493 e. The van der Waals surface area contributed by atoms with Crippen LogP contribution in [0.15, 0.2) is 29.1 Å². The van der Waals surface area contributed by atoms with Crippen molar-refractivity contribution in [1.29, 1.82) is 0 Å². The minimum absolute atomic E-state index is 0.0505. The number of aromatic amines is 1. The highest BCUT2D eigenvalue weighted by Crippen LogP contribution is 2.30. The van der Waals surface area contributed by atoms with Crippen LogP contribution in [0.3, 0.4) is 0 Å². The summed E-state index contributed by atoms with van der Waals surface area (Å²) in [7, 11) is 1.66. The normalized spacial score (nSPS) is 17.7. The molecule has 0 bridgehead atoms. The van der Waals surface area contributed by atoms with E-state index in [0.29, 0.717) is 6.61 Å². The maximum Gasteiger partial charge on any atom is 0.251 e. The number of ether oxygens (including phenoxy) is 2. The highest BCUT2D eigenvalue weighted by atomic mass is 16.5. The van der Waals surface area contributed by atoms with Crippen molar-refractivity contribution in [2.45, 2.75) is 45.6 Å². The molecule has 1 N–H and O–H groups in total. The van der Waals surface area contributed by atoms with Gasteiger partial charge in [-0.3, -0.25) is 9.69 Å². The van der Waals surface area contributed by atoms with Crippen LogP contribution in [-0.2, 0) is 13.0 Å². The van der Waals surface area contributed by atoms with Crippen LogP contribution in [-0.4, -0.2) is 41.7 Å². The van der Waals surface area contributed by atoms with Crippen molar-refractivity contribution in [1.82, 2.24) is 14.9 Å². The molecule has 1 aromatic carbocycles. The molecule has 0 amide bonds. The van der Waals surface area contributed by atoms with Gasteiger partial charge in [0.05, 0.1) is 13.7 Å². The summed E-state index contributed by atoms with van der Waals surface area (Å²) in [6.45, 7) is 7.39. The van der Waals surface area contributed by atoms with Gasteiger partial charge in [-0.25, -0.2) is 4.98 Å². The molecule has 1 aliphatic rings. The number of nitrogens with one attached hydrogen (secondary N) is 1. The molecule has 6 heteroatoms. The molecule has 6 nitrogen and oxygen atoms in total. The van der Waals surface area contributed by atoms with E-state index in [0.717, 1.165) is 61.9 Å². The topological polar surface area (TPSA) is 67.5 Å². The second-order valence-electron chi connectivity index (χ2n) is 6.97. The van der Waals surface area contributed by atoms with Crippen LogP contribution >= 0.6 is 0 Å². The molecule has 0 unspecified atom stereocenters. The Morgan fingerprint density at radius 1 is 1.26 bits per heavy atom. The van der Waals surface area contributed by atoms with Crippen LogP contribution in [0.4, 0.5) is 0 Å². The van der Waals surface area contributed by atoms with E-state index in [2.05, 4.69) is 27.0 Å². The van der Waals surface area contributed by atoms with Crippen LogP contribution in [0, 0.1) is 0 Å². The quantitative estimate of drug-likeness (QED) is 0.810. The van der Waals surface area contributed by atoms with Crippen LogP contribution in [0.5, 0.6) is 11.5 Å². The predicted octanol–water partition coefficient (Wildman–Crippen LogP) is 3.12. The molecule has 1 atom stereocenters. The van der Waals surface area contributed by atoms with E-state index in [1.807, 2.05) is 19.9 Å². The summed E-state index contributed by atoms with van der Waals surface area (Å²) in [4.78, 5) is 21.9. The van der Waals surface area contributed by atoms with E-state index in [4.69, 9.17) is 9.47 Å². The van der Waals surface area contributed by atoms with E-state index in [1.54, 1.807) is 13.2 Å². The molecule has 0 radical (unpaired) electrons. The Morgan fingerprint density at radius 3 is 2.85 bits per heavy atom. The Bertz CT molecular complexity index is 819. The van der Waals surface area contributed by atoms with Gasteiger partial charge in [0.25, 0.3) is 5.56 Å². The van der Waals surface area contributed by atoms with Crippen molar-refractivity contribution in [3.05, 3.63) is 51.7 Å². The molecule has 1 fully saturated rings. The van der Waals surface area contributed by atoms with Gasteiger partial charge < -0.3 is 14.5 Å². The lowest BCUT2D eigenvalue weighted by atomic mass is 9.96. The first kappa shape index (κ1) is 19.4. The summed E-state index contributed by atoms with van der Waals surface area (Å²) >= 11 is 0. The van der Waals surface area contributed by atoms with Gasteiger partial charge in [0, 0.05) is 30.8 Å². The number of hydrogen-bond donors (Lipinski definition) is 1. The second-order valence-corrected chi connectivity index (χ2v) is 6.97. The standard InChI is InChI=1S/C21H29N3O3/c1-4-17-12-20(25)23-21(22-17)16-7-6-10-24(14-16)13-15-8-9-18(26-3)19(11-15)27-5-2/h8-9,11-12,16H,4-7,10,13-14H2,1-3H3,(H,22,23,25)/t16-/m0/s1. The summed E-state index contributed by atoms with van der Waals surface area (Å²) in [5, 5.41) is 0. The molecule has 146 valence electrons. The molecule has 1 aromatic heterocycles. The molecule has 0 saturated carbocycles. The minimum atomic E-state index is -0.0505. The Morgan fingerprint density at radius 2 is 2.11 bits per heavy atom. The molecular formula is C21H29N3O3. The number of benzene rings is 1. The van der Waals surface area contributed by atoms with Gasteiger partial charge >= 0.3 is 0 Å². The lowest BCUT2D eigenvalue weighted by Crippen LogP contribution is -2.35. The molecule has 27 heavy (non-hydrogen) atoms. The Kier molecular flexibility index (Phi) is 6.50. The van der Waals surface area contributed by atoms with Gasteiger partial charge in [0.1, 0.15) is 5.82 Å². The van der Waals surface area contributed by atoms with Gasteiger partial charge in [0.15, 0.2) is 11.5 Å². The summed E-state index contributed by atoms with van der Waals surface area (Å²) < 4.78 is 11.1. The fourth-order valence-corrected chi connectivity index (χ4v) is 3.67. The smallest absolute Gasteiger partial charge is 0.251 e. The molecule has 0 aliphatic carbocycles. The van der Waals surface area contributed by atoms with Crippen LogP contribution in [0.2, 0.25) is 0 Å². The fourth-order valence-electron chi connectivity index (χ4n) is 3.67. The van der Waals surface area contributed by atoms with E-state index in [1.165, 1.54) is 5.56 Å². The van der Waals surface area contributed by atoms with Gasteiger partial charge in [-0.05, 0) is 50.4 Å². The SMILES string of the molecule is CCOc1cc(CN2CCC[C@H](c3nc(CC)cc(=O)[nH]3)C2)ccc1OC. The molecule has 1 saturated heterocycles. The van der Waals surface area contributed by atoms with Gasteiger partial charge in [-0.1, -0.05) is 13.0 Å². The van der Waals surface area contributed by atoms with Crippen LogP contribution in [0.25, 0.3) is 0 Å². The first-order chi connectivity index (χ1) is 13.1. The summed E-state index contributed by atoms with van der Waals surface area (Å²) in [5.41, 5.74) is 2.01. The van der Waals surface area contributed by atoms with Gasteiger partial charge in [-0.15, -0.1) is 0 Å². The van der Waals surface area contributed by atoms with Crippen LogP contribution < -0.4 is 15.0 Å². The fraction of sp³-hybridized carbons (Fsp3) is 0.524. The van der Waals surface area contributed by atoms with Crippen molar-refractivity contribution in [2.24, 2.45) is 0 Å². The first-order valence-corrected chi connectivity index (χ1v) is 9.75. The highest BCUT2D eigenvalue weighted by molar-refractivity contribution is 5.43. The second kappa shape index (κ2) is 9.04. The first-order valence-electron chi connectivity index (χ1n) is 9.75. The molecule has 2 aromatic rings. The third-order valence-corrected chi connectivity index (χ3v) is 5.00. The zero-order chi connectivity index (χ0) is 19.2. The Hall–Kier alpha value is -2.34. The number of rotatable bonds is 7. The zero-order valence-electron chi connectivity index (χ0n) is 16.5. The number of aryl methyl sites for hydroxylation is 1. The van der Waals surface area contributed by atoms with E-state index < -0.39 is 0 Å². The van der Waals surface area contributed by atoms with Crippen molar-refractivity contribution in [2.75, 3.05) is 26.8 Å². The van der Waals surface area contributed by atoms with Gasteiger partial charge in [0.2, 0.25) is 0 Å². The highest BCUT2D eigenvalue weighted by Gasteiger charge is 2.24. The number of likely N-dealkylation sites (tertiary alicyclic amines) is 1. The van der Waals surface area contributed by atoms with Crippen LogP contribution in [0.1, 0.15) is 49.7 Å². The summed E-state index contributed by atoms with van der Waals surface area (Å²) in [6, 6.07) is 7.70. The number of H-pyrrole nitrogens is 1.